The molecule has 0 atom stereocenters. The van der Waals surface area contributed by atoms with E-state index in [1.54, 1.807) is 36.3 Å². The molecule has 0 radical (unpaired) electrons. The van der Waals surface area contributed by atoms with Gasteiger partial charge in [-0.25, -0.2) is 18.2 Å². The Bertz CT molecular complexity index is 1780. The number of aromatic nitrogens is 2. The molecule has 0 spiro atoms. The molecule has 224 valence electrons. The van der Waals surface area contributed by atoms with Gasteiger partial charge >= 0.3 is 6.09 Å². The van der Waals surface area contributed by atoms with E-state index in [0.29, 0.717) is 46.8 Å². The van der Waals surface area contributed by atoms with Crippen molar-refractivity contribution in [2.24, 2.45) is 0 Å². The highest BCUT2D eigenvalue weighted by atomic mass is 32.2. The Labute approximate surface area is 250 Å². The maximum atomic E-state index is 13.1. The monoisotopic (exact) mass is 603 g/mol. The molecule has 2 aliphatic heterocycles. The van der Waals surface area contributed by atoms with Crippen molar-refractivity contribution >= 4 is 44.3 Å². The lowest BCUT2D eigenvalue weighted by atomic mass is 9.94. The molecule has 1 N–H and O–H groups in total. The maximum Gasteiger partial charge on any atom is 0.414 e. The number of carbonyl (C=O) groups is 1. The van der Waals surface area contributed by atoms with Gasteiger partial charge in [-0.3, -0.25) is 4.90 Å². The van der Waals surface area contributed by atoms with Crippen molar-refractivity contribution < 1.29 is 27.4 Å². The molecule has 11 nitrogen and oxygen atoms in total. The first kappa shape index (κ1) is 28.7. The summed E-state index contributed by atoms with van der Waals surface area (Å²) in [7, 11) is -0.498. The number of aryl methyl sites for hydroxylation is 1. The van der Waals surface area contributed by atoms with Gasteiger partial charge < -0.3 is 24.4 Å². The molecular formula is C31H33N5O6S. The summed E-state index contributed by atoms with van der Waals surface area (Å²) >= 11 is 0. The van der Waals surface area contributed by atoms with E-state index in [4.69, 9.17) is 24.2 Å². The van der Waals surface area contributed by atoms with E-state index in [-0.39, 0.29) is 25.5 Å². The van der Waals surface area contributed by atoms with Gasteiger partial charge in [-0.15, -0.1) is 0 Å². The molecule has 0 aliphatic carbocycles. The van der Waals surface area contributed by atoms with Crippen molar-refractivity contribution in [1.29, 1.82) is 0 Å². The second-order valence-electron chi connectivity index (χ2n) is 10.8. The number of amides is 1. The fraction of sp³-hybridized carbons (Fsp3) is 0.323. The minimum absolute atomic E-state index is 0.0432. The van der Waals surface area contributed by atoms with Crippen molar-refractivity contribution in [3.63, 3.8) is 0 Å². The zero-order valence-electron chi connectivity index (χ0n) is 24.2. The number of nitrogens with zero attached hydrogens (tertiary/aromatic N) is 4. The standard InChI is InChI=1S/C31H33N5O6S/c1-21-8-13-26-25(16-21)28(34-29(33-26)35-14-15-43(38,39)27-7-5-4-6-22(27)17-35)32-18-31(19-42-20-31)36(30(37)41-3)23-9-11-24(40-2)12-10-23/h4-13,16H,14-15,17-20H2,1-3H3,(H,32,33,34). The van der Waals surface area contributed by atoms with Gasteiger partial charge in [-0.2, -0.15) is 4.98 Å². The topological polar surface area (TPSA) is 123 Å². The van der Waals surface area contributed by atoms with Crippen LogP contribution in [0.3, 0.4) is 0 Å². The lowest BCUT2D eigenvalue weighted by Gasteiger charge is -2.48. The summed E-state index contributed by atoms with van der Waals surface area (Å²) in [5.41, 5.74) is 2.36. The van der Waals surface area contributed by atoms with Crippen molar-refractivity contribution in [1.82, 2.24) is 9.97 Å². The van der Waals surface area contributed by atoms with Crippen LogP contribution in [0.1, 0.15) is 11.1 Å². The van der Waals surface area contributed by atoms with Gasteiger partial charge in [0.15, 0.2) is 9.84 Å². The first-order valence-corrected chi connectivity index (χ1v) is 15.6. The molecule has 0 unspecified atom stereocenters. The van der Waals surface area contributed by atoms with E-state index in [0.717, 1.165) is 16.5 Å². The molecule has 0 saturated carbocycles. The zero-order chi connectivity index (χ0) is 30.2. The Morgan fingerprint density at radius 2 is 1.84 bits per heavy atom. The fourth-order valence-corrected chi connectivity index (χ4v) is 7.03. The SMILES string of the molecule is COC(=O)N(c1ccc(OC)cc1)C1(CNc2nc(N3CCS(=O)(=O)c4ccccc4C3)nc3ccc(C)cc23)COC1. The summed E-state index contributed by atoms with van der Waals surface area (Å²) in [6.07, 6.45) is -0.510. The van der Waals surface area contributed by atoms with E-state index < -0.39 is 21.5 Å². The largest absolute Gasteiger partial charge is 0.497 e. The first-order chi connectivity index (χ1) is 20.7. The number of rotatable bonds is 7. The van der Waals surface area contributed by atoms with Gasteiger partial charge in [0, 0.05) is 30.7 Å². The van der Waals surface area contributed by atoms with Crippen molar-refractivity contribution in [3.8, 4) is 5.75 Å². The molecule has 1 fully saturated rings. The number of nitrogens with one attached hydrogen (secondary N) is 1. The molecule has 2 aliphatic rings. The van der Waals surface area contributed by atoms with Crippen LogP contribution in [0.15, 0.2) is 71.6 Å². The number of carbonyl (C=O) groups excluding carboxylic acids is 1. The van der Waals surface area contributed by atoms with Gasteiger partial charge in [0.25, 0.3) is 0 Å². The number of hydrogen-bond donors (Lipinski definition) is 1. The minimum atomic E-state index is -3.44. The number of methoxy groups -OCH3 is 2. The number of hydrogen-bond acceptors (Lipinski definition) is 10. The van der Waals surface area contributed by atoms with Crippen LogP contribution in [0.25, 0.3) is 10.9 Å². The Balaban J connectivity index is 1.36. The fourth-order valence-electron chi connectivity index (χ4n) is 5.53. The number of fused-ring (bicyclic) bond motifs is 2. The number of ether oxygens (including phenoxy) is 3. The number of sulfone groups is 1. The Hall–Kier alpha value is -4.42. The average Bonchev–Trinajstić information content (AvgIpc) is 3.13. The van der Waals surface area contributed by atoms with Crippen LogP contribution in [0.2, 0.25) is 0 Å². The van der Waals surface area contributed by atoms with Crippen LogP contribution >= 0.6 is 0 Å². The van der Waals surface area contributed by atoms with Crippen molar-refractivity contribution in [2.75, 3.05) is 61.4 Å². The van der Waals surface area contributed by atoms with Crippen LogP contribution in [0, 0.1) is 6.92 Å². The van der Waals surface area contributed by atoms with Crippen molar-refractivity contribution in [3.05, 3.63) is 77.9 Å². The summed E-state index contributed by atoms with van der Waals surface area (Å²) in [5.74, 6) is 1.63. The molecule has 3 heterocycles. The van der Waals surface area contributed by atoms with Gasteiger partial charge in [0.05, 0.1) is 43.6 Å². The molecule has 1 saturated heterocycles. The average molecular weight is 604 g/mol. The third-order valence-electron chi connectivity index (χ3n) is 7.91. The van der Waals surface area contributed by atoms with Crippen LogP contribution in [-0.4, -0.2) is 76.3 Å². The summed E-state index contributed by atoms with van der Waals surface area (Å²) in [6, 6.07) is 20.2. The second kappa shape index (κ2) is 11.3. The maximum absolute atomic E-state index is 13.1. The quantitative estimate of drug-likeness (QED) is 0.329. The third kappa shape index (κ3) is 5.43. The summed E-state index contributed by atoms with van der Waals surface area (Å²) in [5, 5.41) is 4.31. The minimum Gasteiger partial charge on any atom is -0.497 e. The summed E-state index contributed by atoms with van der Waals surface area (Å²) in [6.45, 7) is 3.49. The molecule has 12 heteroatoms. The van der Waals surface area contributed by atoms with Gasteiger partial charge in [-0.05, 0) is 55.0 Å². The highest BCUT2D eigenvalue weighted by molar-refractivity contribution is 7.91. The summed E-state index contributed by atoms with van der Waals surface area (Å²) < 4.78 is 42.1. The van der Waals surface area contributed by atoms with E-state index in [1.807, 2.05) is 54.3 Å². The number of anilines is 3. The van der Waals surface area contributed by atoms with E-state index >= 15 is 0 Å². The van der Waals surface area contributed by atoms with Crippen LogP contribution in [0.5, 0.6) is 5.75 Å². The molecule has 0 bridgehead atoms. The zero-order valence-corrected chi connectivity index (χ0v) is 25.1. The smallest absolute Gasteiger partial charge is 0.414 e. The second-order valence-corrected chi connectivity index (χ2v) is 12.9. The molecule has 1 aromatic heterocycles. The normalized spacial score (nSPS) is 16.9. The molecule has 43 heavy (non-hydrogen) atoms. The van der Waals surface area contributed by atoms with Crippen LogP contribution < -0.4 is 19.9 Å². The predicted octanol–water partition coefficient (Wildman–Crippen LogP) is 4.19. The molecular weight excluding hydrogens is 570 g/mol. The summed E-state index contributed by atoms with van der Waals surface area (Å²) in [4.78, 5) is 26.7. The lowest BCUT2D eigenvalue weighted by Crippen LogP contribution is -2.68. The van der Waals surface area contributed by atoms with Crippen LogP contribution in [-0.2, 0) is 25.9 Å². The van der Waals surface area contributed by atoms with Crippen LogP contribution in [0.4, 0.5) is 22.2 Å². The van der Waals surface area contributed by atoms with E-state index in [2.05, 4.69) is 5.32 Å². The van der Waals surface area contributed by atoms with Gasteiger partial charge in [0.1, 0.15) is 17.1 Å². The van der Waals surface area contributed by atoms with E-state index in [9.17, 15) is 13.2 Å². The molecule has 6 rings (SSSR count). The van der Waals surface area contributed by atoms with E-state index in [1.165, 1.54) is 7.11 Å². The predicted molar refractivity (Wildman–Crippen MR) is 164 cm³/mol. The molecule has 3 aromatic carbocycles. The number of benzene rings is 3. The van der Waals surface area contributed by atoms with Gasteiger partial charge in [0.2, 0.25) is 5.95 Å². The Morgan fingerprint density at radius 3 is 2.53 bits per heavy atom. The Kier molecular flexibility index (Phi) is 7.57. The third-order valence-corrected chi connectivity index (χ3v) is 9.70. The molecule has 1 amide bonds. The highest BCUT2D eigenvalue weighted by Crippen LogP contribution is 2.34. The van der Waals surface area contributed by atoms with Crippen molar-refractivity contribution in [2.45, 2.75) is 23.9 Å². The highest BCUT2D eigenvalue weighted by Gasteiger charge is 2.48. The first-order valence-electron chi connectivity index (χ1n) is 13.9. The van der Waals surface area contributed by atoms with Gasteiger partial charge in [-0.1, -0.05) is 29.8 Å². The molecule has 4 aromatic rings. The lowest BCUT2D eigenvalue weighted by molar-refractivity contribution is -0.0491. The Morgan fingerprint density at radius 1 is 1.07 bits per heavy atom.